The van der Waals surface area contributed by atoms with Gasteiger partial charge in [-0.15, -0.1) is 0 Å². The van der Waals surface area contributed by atoms with Crippen LogP contribution in [0.25, 0.3) is 11.0 Å². The molecule has 0 aliphatic carbocycles. The number of pyridine rings is 1. The van der Waals surface area contributed by atoms with E-state index in [1.165, 1.54) is 0 Å². The van der Waals surface area contributed by atoms with Crippen molar-refractivity contribution in [3.8, 4) is 0 Å². The van der Waals surface area contributed by atoms with Gasteiger partial charge in [-0.2, -0.15) is 5.10 Å². The van der Waals surface area contributed by atoms with Crippen molar-refractivity contribution in [2.75, 3.05) is 19.6 Å². The van der Waals surface area contributed by atoms with Gasteiger partial charge < -0.3 is 10.6 Å². The van der Waals surface area contributed by atoms with Crippen molar-refractivity contribution in [3.05, 3.63) is 23.0 Å². The molecule has 1 aliphatic heterocycles. The number of amides is 1. The minimum Gasteiger partial charge on any atom is -0.338 e. The summed E-state index contributed by atoms with van der Waals surface area (Å²) in [5, 5.41) is 5.61. The number of hydrogen-bond donors (Lipinski definition) is 1. The molecule has 1 aliphatic rings. The quantitative estimate of drug-likeness (QED) is 0.897. The molecule has 6 nitrogen and oxygen atoms in total. The van der Waals surface area contributed by atoms with E-state index in [1.807, 2.05) is 22.6 Å². The van der Waals surface area contributed by atoms with E-state index in [9.17, 15) is 4.79 Å². The van der Waals surface area contributed by atoms with Crippen LogP contribution in [-0.2, 0) is 5.54 Å². The maximum atomic E-state index is 13.5. The molecule has 3 rings (SSSR count). The van der Waals surface area contributed by atoms with Gasteiger partial charge in [-0.1, -0.05) is 20.8 Å². The normalized spacial score (nSPS) is 20.9. The van der Waals surface area contributed by atoms with Crippen LogP contribution in [0.5, 0.6) is 0 Å². The second-order valence-electron chi connectivity index (χ2n) is 9.61. The van der Waals surface area contributed by atoms with Crippen LogP contribution in [0, 0.1) is 12.3 Å². The fraction of sp³-hybridized carbons (Fsp3) is 0.667. The van der Waals surface area contributed by atoms with E-state index in [2.05, 4.69) is 41.5 Å². The van der Waals surface area contributed by atoms with Crippen LogP contribution in [0.2, 0.25) is 0 Å². The van der Waals surface area contributed by atoms with E-state index in [4.69, 9.17) is 15.8 Å². The SMILES string of the molecule is Cc1nn(C(C)(C)C)c2nc(C(C)C)cc(C(=O)N3CCC(C)(CN)C3)c12. The molecule has 1 saturated heterocycles. The predicted molar refractivity (Wildman–Crippen MR) is 109 cm³/mol. The Labute approximate surface area is 162 Å². The summed E-state index contributed by atoms with van der Waals surface area (Å²) in [5.74, 6) is 0.301. The van der Waals surface area contributed by atoms with Crippen LogP contribution in [-0.4, -0.2) is 45.2 Å². The summed E-state index contributed by atoms with van der Waals surface area (Å²) >= 11 is 0. The lowest BCUT2D eigenvalue weighted by Gasteiger charge is -2.23. The lowest BCUT2D eigenvalue weighted by Crippen LogP contribution is -2.34. The summed E-state index contributed by atoms with van der Waals surface area (Å²) in [5.41, 5.74) is 9.04. The summed E-state index contributed by atoms with van der Waals surface area (Å²) in [4.78, 5) is 20.3. The predicted octanol–water partition coefficient (Wildman–Crippen LogP) is 3.43. The van der Waals surface area contributed by atoms with Gasteiger partial charge in [-0.05, 0) is 58.1 Å². The first kappa shape index (κ1) is 19.8. The van der Waals surface area contributed by atoms with E-state index in [0.717, 1.165) is 41.0 Å². The Morgan fingerprint density at radius 1 is 1.37 bits per heavy atom. The van der Waals surface area contributed by atoms with Gasteiger partial charge >= 0.3 is 0 Å². The van der Waals surface area contributed by atoms with Gasteiger partial charge in [-0.3, -0.25) is 4.79 Å². The van der Waals surface area contributed by atoms with Crippen molar-refractivity contribution >= 4 is 16.9 Å². The first-order valence-corrected chi connectivity index (χ1v) is 9.87. The molecular weight excluding hydrogens is 338 g/mol. The molecule has 1 fully saturated rings. The molecule has 0 spiro atoms. The Morgan fingerprint density at radius 3 is 2.56 bits per heavy atom. The van der Waals surface area contributed by atoms with E-state index in [-0.39, 0.29) is 22.8 Å². The second-order valence-corrected chi connectivity index (χ2v) is 9.61. The molecule has 1 amide bonds. The molecule has 2 N–H and O–H groups in total. The van der Waals surface area contributed by atoms with Crippen molar-refractivity contribution < 1.29 is 4.79 Å². The van der Waals surface area contributed by atoms with Gasteiger partial charge in [0.15, 0.2) is 5.65 Å². The molecule has 0 aromatic carbocycles. The van der Waals surface area contributed by atoms with E-state index in [1.54, 1.807) is 0 Å². The highest BCUT2D eigenvalue weighted by molar-refractivity contribution is 6.06. The average molecular weight is 372 g/mol. The summed E-state index contributed by atoms with van der Waals surface area (Å²) in [6.45, 7) is 16.7. The van der Waals surface area contributed by atoms with Crippen molar-refractivity contribution in [3.63, 3.8) is 0 Å². The minimum absolute atomic E-state index is 0.00726. The largest absolute Gasteiger partial charge is 0.338 e. The maximum Gasteiger partial charge on any atom is 0.254 e. The van der Waals surface area contributed by atoms with Gasteiger partial charge in [0.25, 0.3) is 5.91 Å². The van der Waals surface area contributed by atoms with Crippen molar-refractivity contribution in [2.24, 2.45) is 11.1 Å². The molecule has 148 valence electrons. The number of carbonyl (C=O) groups is 1. The van der Waals surface area contributed by atoms with Crippen LogP contribution >= 0.6 is 0 Å². The lowest BCUT2D eigenvalue weighted by molar-refractivity contribution is 0.0778. The number of hydrogen-bond acceptors (Lipinski definition) is 4. The molecule has 1 unspecified atom stereocenters. The molecule has 1 atom stereocenters. The number of fused-ring (bicyclic) bond motifs is 1. The number of carbonyl (C=O) groups excluding carboxylic acids is 1. The molecule has 0 saturated carbocycles. The number of nitrogens with zero attached hydrogens (tertiary/aromatic N) is 4. The van der Waals surface area contributed by atoms with E-state index >= 15 is 0 Å². The summed E-state index contributed by atoms with van der Waals surface area (Å²) in [6.07, 6.45) is 0.945. The van der Waals surface area contributed by atoms with Crippen LogP contribution in [0.4, 0.5) is 0 Å². The van der Waals surface area contributed by atoms with Gasteiger partial charge in [-0.25, -0.2) is 9.67 Å². The number of nitrogens with two attached hydrogens (primary N) is 1. The monoisotopic (exact) mass is 371 g/mol. The molecule has 6 heteroatoms. The fourth-order valence-corrected chi connectivity index (χ4v) is 3.77. The Balaban J connectivity index is 2.17. The molecule has 27 heavy (non-hydrogen) atoms. The van der Waals surface area contributed by atoms with Gasteiger partial charge in [0.2, 0.25) is 0 Å². The highest BCUT2D eigenvalue weighted by Gasteiger charge is 2.36. The number of likely N-dealkylation sites (tertiary alicyclic amines) is 1. The Bertz CT molecular complexity index is 877. The molecule has 0 bridgehead atoms. The summed E-state index contributed by atoms with van der Waals surface area (Å²) < 4.78 is 1.95. The average Bonchev–Trinajstić information content (AvgIpc) is 3.15. The zero-order valence-electron chi connectivity index (χ0n) is 17.8. The zero-order valence-corrected chi connectivity index (χ0v) is 17.8. The smallest absolute Gasteiger partial charge is 0.254 e. The van der Waals surface area contributed by atoms with Crippen LogP contribution in [0.15, 0.2) is 6.07 Å². The maximum absolute atomic E-state index is 13.5. The number of aromatic nitrogens is 3. The fourth-order valence-electron chi connectivity index (χ4n) is 3.77. The number of rotatable bonds is 3. The standard InChI is InChI=1S/C21H33N5O/c1-13(2)16-10-15(19(27)25-9-8-21(7,11-22)12-25)17-14(3)24-26(18(17)23-16)20(4,5)6/h10,13H,8-9,11-12,22H2,1-7H3. The first-order chi connectivity index (χ1) is 12.5. The Hall–Kier alpha value is -1.95. The molecule has 2 aromatic rings. The highest BCUT2D eigenvalue weighted by Crippen LogP contribution is 2.33. The van der Waals surface area contributed by atoms with Crippen LogP contribution in [0.3, 0.4) is 0 Å². The third kappa shape index (κ3) is 3.47. The Kier molecular flexibility index (Phi) is 4.83. The highest BCUT2D eigenvalue weighted by atomic mass is 16.2. The molecule has 2 aromatic heterocycles. The van der Waals surface area contributed by atoms with Gasteiger partial charge in [0.1, 0.15) is 0 Å². The minimum atomic E-state index is -0.207. The third-order valence-electron chi connectivity index (χ3n) is 5.63. The topological polar surface area (TPSA) is 77.0 Å². The van der Waals surface area contributed by atoms with Gasteiger partial charge in [0.05, 0.1) is 22.2 Å². The molecule has 3 heterocycles. The van der Waals surface area contributed by atoms with Crippen LogP contribution < -0.4 is 5.73 Å². The van der Waals surface area contributed by atoms with E-state index in [0.29, 0.717) is 13.1 Å². The molecular formula is C21H33N5O. The lowest BCUT2D eigenvalue weighted by atomic mass is 9.90. The van der Waals surface area contributed by atoms with Gasteiger partial charge in [0, 0.05) is 18.8 Å². The Morgan fingerprint density at radius 2 is 2.04 bits per heavy atom. The van der Waals surface area contributed by atoms with E-state index < -0.39 is 0 Å². The van der Waals surface area contributed by atoms with Crippen molar-refractivity contribution in [1.82, 2.24) is 19.7 Å². The number of aryl methyl sites for hydroxylation is 1. The summed E-state index contributed by atoms with van der Waals surface area (Å²) in [6, 6.07) is 1.97. The zero-order chi connectivity index (χ0) is 20.1. The molecule has 0 radical (unpaired) electrons. The first-order valence-electron chi connectivity index (χ1n) is 9.87. The second kappa shape index (κ2) is 6.59. The van der Waals surface area contributed by atoms with Crippen molar-refractivity contribution in [1.29, 1.82) is 0 Å². The third-order valence-corrected chi connectivity index (χ3v) is 5.63. The van der Waals surface area contributed by atoms with Crippen molar-refractivity contribution in [2.45, 2.75) is 66.3 Å². The van der Waals surface area contributed by atoms with Crippen LogP contribution in [0.1, 0.15) is 75.6 Å². The summed E-state index contributed by atoms with van der Waals surface area (Å²) in [7, 11) is 0.